The average molecular weight is 240 g/mol. The van der Waals surface area contributed by atoms with Gasteiger partial charge < -0.3 is 15.4 Å². The first kappa shape index (κ1) is 10.6. The van der Waals surface area contributed by atoms with E-state index < -0.39 is 0 Å². The molecule has 0 saturated carbocycles. The Hall–Kier alpha value is -2.56. The van der Waals surface area contributed by atoms with E-state index in [0.717, 1.165) is 16.7 Å². The summed E-state index contributed by atoms with van der Waals surface area (Å²) in [4.78, 5) is 11.5. The van der Waals surface area contributed by atoms with Crippen molar-refractivity contribution in [3.8, 4) is 5.75 Å². The predicted octanol–water partition coefficient (Wildman–Crippen LogP) is 2.72. The third kappa shape index (κ3) is 1.75. The molecule has 5 heteroatoms. The number of aromatic amines is 1. The lowest BCUT2D eigenvalue weighted by Crippen LogP contribution is -1.95. The first-order chi connectivity index (χ1) is 8.74. The lowest BCUT2D eigenvalue weighted by molar-refractivity contribution is 0.478. The Kier molecular flexibility index (Phi) is 2.37. The van der Waals surface area contributed by atoms with E-state index in [0.29, 0.717) is 11.5 Å². The number of aryl methyl sites for hydroxylation is 1. The second-order valence-corrected chi connectivity index (χ2v) is 4.08. The summed E-state index contributed by atoms with van der Waals surface area (Å²) >= 11 is 0. The zero-order valence-electron chi connectivity index (χ0n) is 9.81. The van der Waals surface area contributed by atoms with Gasteiger partial charge in [0.2, 0.25) is 0 Å². The summed E-state index contributed by atoms with van der Waals surface area (Å²) in [5.74, 6) is 0.863. The number of H-pyrrole nitrogens is 1. The molecular weight excluding hydrogens is 228 g/mol. The molecule has 0 unspecified atom stereocenters. The predicted molar refractivity (Wildman–Crippen MR) is 70.0 cm³/mol. The number of rotatable bonds is 2. The Morgan fingerprint density at radius 1 is 1.22 bits per heavy atom. The first-order valence-corrected chi connectivity index (χ1v) is 5.59. The Morgan fingerprint density at radius 2 is 2.06 bits per heavy atom. The van der Waals surface area contributed by atoms with E-state index in [-0.39, 0.29) is 5.75 Å². The Balaban J connectivity index is 2.07. The molecule has 0 atom stereocenters. The quantitative estimate of drug-likeness (QED) is 0.602. The molecule has 1 aromatic carbocycles. The van der Waals surface area contributed by atoms with E-state index in [2.05, 4.69) is 20.3 Å². The van der Waals surface area contributed by atoms with Crippen molar-refractivity contribution >= 4 is 22.5 Å². The van der Waals surface area contributed by atoms with Crippen LogP contribution in [0, 0.1) is 6.92 Å². The van der Waals surface area contributed by atoms with E-state index in [4.69, 9.17) is 0 Å². The summed E-state index contributed by atoms with van der Waals surface area (Å²) in [6.07, 6.45) is 1.49. The van der Waals surface area contributed by atoms with Gasteiger partial charge in [0, 0.05) is 5.69 Å². The van der Waals surface area contributed by atoms with Gasteiger partial charge in [0.05, 0.1) is 11.1 Å². The minimum atomic E-state index is 0.191. The second-order valence-electron chi connectivity index (χ2n) is 4.08. The van der Waals surface area contributed by atoms with Crippen LogP contribution in [-0.4, -0.2) is 20.1 Å². The fourth-order valence-corrected chi connectivity index (χ4v) is 1.88. The molecule has 90 valence electrons. The smallest absolute Gasteiger partial charge is 0.143 e. The Morgan fingerprint density at radius 3 is 2.89 bits per heavy atom. The van der Waals surface area contributed by atoms with Crippen molar-refractivity contribution in [3.63, 3.8) is 0 Å². The monoisotopic (exact) mass is 240 g/mol. The van der Waals surface area contributed by atoms with Crippen molar-refractivity contribution in [1.29, 1.82) is 0 Å². The molecule has 0 amide bonds. The minimum absolute atomic E-state index is 0.191. The Bertz CT molecular complexity index is 705. The van der Waals surface area contributed by atoms with Gasteiger partial charge in [-0.25, -0.2) is 9.97 Å². The fraction of sp³-hybridized carbons (Fsp3) is 0.0769. The van der Waals surface area contributed by atoms with Crippen LogP contribution in [0.5, 0.6) is 5.75 Å². The van der Waals surface area contributed by atoms with E-state index in [1.807, 2.05) is 19.1 Å². The highest BCUT2D eigenvalue weighted by Gasteiger charge is 2.08. The molecule has 3 N–H and O–H groups in total. The van der Waals surface area contributed by atoms with Crippen molar-refractivity contribution in [1.82, 2.24) is 15.0 Å². The van der Waals surface area contributed by atoms with Crippen LogP contribution in [-0.2, 0) is 0 Å². The maximum Gasteiger partial charge on any atom is 0.143 e. The molecule has 0 aliphatic rings. The van der Waals surface area contributed by atoms with Crippen LogP contribution >= 0.6 is 0 Å². The number of hydrogen-bond acceptors (Lipinski definition) is 4. The molecule has 2 aromatic heterocycles. The second kappa shape index (κ2) is 4.03. The van der Waals surface area contributed by atoms with E-state index in [9.17, 15) is 5.11 Å². The standard InChI is InChI=1S/C13H12N4O/c1-8-6-9-12(16-8)14-7-15-13(9)17-10-4-2-3-5-11(10)18/h2-7,18H,1H3,(H2,14,15,16,17). The number of nitrogens with one attached hydrogen (secondary N) is 2. The molecule has 0 fully saturated rings. The molecule has 0 radical (unpaired) electrons. The molecule has 3 rings (SSSR count). The molecule has 5 nitrogen and oxygen atoms in total. The fourth-order valence-electron chi connectivity index (χ4n) is 1.88. The topological polar surface area (TPSA) is 73.8 Å². The van der Waals surface area contributed by atoms with Crippen LogP contribution in [0.4, 0.5) is 11.5 Å². The van der Waals surface area contributed by atoms with Crippen LogP contribution in [0.1, 0.15) is 5.69 Å². The molecule has 2 heterocycles. The summed E-state index contributed by atoms with van der Waals surface area (Å²) in [6, 6.07) is 9.02. The molecule has 0 saturated heterocycles. The number of hydrogen-bond donors (Lipinski definition) is 3. The van der Waals surface area contributed by atoms with Gasteiger partial charge >= 0.3 is 0 Å². The molecular formula is C13H12N4O. The van der Waals surface area contributed by atoms with Gasteiger partial charge in [-0.15, -0.1) is 0 Å². The number of nitrogens with zero attached hydrogens (tertiary/aromatic N) is 2. The van der Waals surface area contributed by atoms with Crippen LogP contribution < -0.4 is 5.32 Å². The summed E-state index contributed by atoms with van der Waals surface area (Å²) in [6.45, 7) is 1.96. The van der Waals surface area contributed by atoms with Gasteiger partial charge in [0.25, 0.3) is 0 Å². The van der Waals surface area contributed by atoms with Crippen LogP contribution in [0.3, 0.4) is 0 Å². The van der Waals surface area contributed by atoms with E-state index in [1.165, 1.54) is 6.33 Å². The number of benzene rings is 1. The maximum absolute atomic E-state index is 9.74. The highest BCUT2D eigenvalue weighted by atomic mass is 16.3. The third-order valence-electron chi connectivity index (χ3n) is 2.72. The van der Waals surface area contributed by atoms with Crippen molar-refractivity contribution in [2.45, 2.75) is 6.92 Å². The van der Waals surface area contributed by atoms with Crippen LogP contribution in [0.25, 0.3) is 11.0 Å². The summed E-state index contributed by atoms with van der Waals surface area (Å²) < 4.78 is 0. The first-order valence-electron chi connectivity index (χ1n) is 5.59. The molecule has 0 bridgehead atoms. The average Bonchev–Trinajstić information content (AvgIpc) is 2.73. The zero-order valence-corrected chi connectivity index (χ0v) is 9.81. The molecule has 0 aliphatic carbocycles. The zero-order chi connectivity index (χ0) is 12.5. The van der Waals surface area contributed by atoms with Crippen molar-refractivity contribution in [2.24, 2.45) is 0 Å². The summed E-state index contributed by atoms with van der Waals surface area (Å²) in [5, 5.41) is 13.7. The number of fused-ring (bicyclic) bond motifs is 1. The highest BCUT2D eigenvalue weighted by Crippen LogP contribution is 2.28. The normalized spacial score (nSPS) is 10.7. The number of para-hydroxylation sites is 2. The number of anilines is 2. The molecule has 3 aromatic rings. The van der Waals surface area contributed by atoms with Gasteiger partial charge in [0.15, 0.2) is 0 Å². The summed E-state index contributed by atoms with van der Waals surface area (Å²) in [7, 11) is 0. The number of phenols is 1. The van der Waals surface area contributed by atoms with Crippen molar-refractivity contribution < 1.29 is 5.11 Å². The number of aromatic hydroxyl groups is 1. The van der Waals surface area contributed by atoms with Gasteiger partial charge in [-0.2, -0.15) is 0 Å². The molecule has 0 aliphatic heterocycles. The van der Waals surface area contributed by atoms with Crippen LogP contribution in [0.2, 0.25) is 0 Å². The number of phenolic OH excluding ortho intramolecular Hbond substituents is 1. The minimum Gasteiger partial charge on any atom is -0.506 e. The van der Waals surface area contributed by atoms with E-state index in [1.54, 1.807) is 18.2 Å². The van der Waals surface area contributed by atoms with Crippen LogP contribution in [0.15, 0.2) is 36.7 Å². The van der Waals surface area contributed by atoms with Gasteiger partial charge in [-0.05, 0) is 25.1 Å². The molecule has 18 heavy (non-hydrogen) atoms. The van der Waals surface area contributed by atoms with E-state index >= 15 is 0 Å². The third-order valence-corrected chi connectivity index (χ3v) is 2.72. The largest absolute Gasteiger partial charge is 0.506 e. The van der Waals surface area contributed by atoms with Gasteiger partial charge in [-0.3, -0.25) is 0 Å². The summed E-state index contributed by atoms with van der Waals surface area (Å²) in [5.41, 5.74) is 2.42. The van der Waals surface area contributed by atoms with Gasteiger partial charge in [-0.1, -0.05) is 12.1 Å². The van der Waals surface area contributed by atoms with Crippen molar-refractivity contribution in [3.05, 3.63) is 42.4 Å². The SMILES string of the molecule is Cc1cc2c(Nc3ccccc3O)ncnc2[nH]1. The van der Waals surface area contributed by atoms with Gasteiger partial charge in [0.1, 0.15) is 23.5 Å². The molecule has 0 spiro atoms. The maximum atomic E-state index is 9.74. The number of aromatic nitrogens is 3. The lowest BCUT2D eigenvalue weighted by Gasteiger charge is -2.07. The Labute approximate surface area is 104 Å². The lowest BCUT2D eigenvalue weighted by atomic mass is 10.3. The van der Waals surface area contributed by atoms with Crippen molar-refractivity contribution in [2.75, 3.05) is 5.32 Å². The highest BCUT2D eigenvalue weighted by molar-refractivity contribution is 5.89.